The van der Waals surface area contributed by atoms with E-state index in [1.54, 1.807) is 12.4 Å². The second-order valence-electron chi connectivity index (χ2n) is 3.75. The minimum absolute atomic E-state index is 0.219. The fourth-order valence-electron chi connectivity index (χ4n) is 1.28. The maximum atomic E-state index is 5.78. The Labute approximate surface area is 77.5 Å². The van der Waals surface area contributed by atoms with Gasteiger partial charge in [-0.25, -0.2) is 0 Å². The number of pyridine rings is 1. The van der Waals surface area contributed by atoms with Gasteiger partial charge in [-0.1, -0.05) is 0 Å². The van der Waals surface area contributed by atoms with Gasteiger partial charge < -0.3 is 4.74 Å². The highest BCUT2D eigenvalue weighted by molar-refractivity contribution is 5.83. The fraction of sp³-hybridized carbons (Fsp3) is 0.400. The first-order chi connectivity index (χ1) is 6.17. The molecule has 1 aliphatic rings. The van der Waals surface area contributed by atoms with Crippen LogP contribution >= 0.6 is 0 Å². The van der Waals surface area contributed by atoms with E-state index in [2.05, 4.69) is 9.98 Å². The van der Waals surface area contributed by atoms with E-state index in [-0.39, 0.29) is 5.60 Å². The van der Waals surface area contributed by atoms with Crippen LogP contribution in [0, 0.1) is 0 Å². The first-order valence-corrected chi connectivity index (χ1v) is 4.30. The van der Waals surface area contributed by atoms with Crippen LogP contribution in [-0.4, -0.2) is 23.3 Å². The molecule has 0 radical (unpaired) electrons. The van der Waals surface area contributed by atoms with Crippen LogP contribution in [0.2, 0.25) is 0 Å². The van der Waals surface area contributed by atoms with Gasteiger partial charge in [-0.05, 0) is 19.9 Å². The first kappa shape index (κ1) is 8.23. The van der Waals surface area contributed by atoms with Gasteiger partial charge in [0.1, 0.15) is 11.4 Å². The maximum Gasteiger partial charge on any atom is 0.132 e. The van der Waals surface area contributed by atoms with E-state index in [0.717, 1.165) is 11.3 Å². The molecule has 0 amide bonds. The molecule has 1 aromatic heterocycles. The molecule has 0 saturated carbocycles. The Morgan fingerprint density at radius 1 is 1.46 bits per heavy atom. The molecule has 0 spiro atoms. The highest BCUT2D eigenvalue weighted by atomic mass is 16.5. The molecule has 3 heteroatoms. The van der Waals surface area contributed by atoms with Crippen molar-refractivity contribution in [3.63, 3.8) is 0 Å². The smallest absolute Gasteiger partial charge is 0.132 e. The molecule has 1 aromatic rings. The third-order valence-electron chi connectivity index (χ3n) is 1.90. The van der Waals surface area contributed by atoms with Crippen LogP contribution in [0.3, 0.4) is 0 Å². The summed E-state index contributed by atoms with van der Waals surface area (Å²) in [5, 5.41) is 0. The second-order valence-corrected chi connectivity index (χ2v) is 3.75. The molecule has 3 nitrogen and oxygen atoms in total. The van der Waals surface area contributed by atoms with Crippen LogP contribution in [0.15, 0.2) is 23.5 Å². The van der Waals surface area contributed by atoms with Crippen molar-refractivity contribution in [3.8, 4) is 5.75 Å². The summed E-state index contributed by atoms with van der Waals surface area (Å²) in [7, 11) is 0. The minimum Gasteiger partial charge on any atom is -0.485 e. The number of aromatic nitrogens is 1. The van der Waals surface area contributed by atoms with Gasteiger partial charge in [0.25, 0.3) is 0 Å². The summed E-state index contributed by atoms with van der Waals surface area (Å²) in [6.45, 7) is 4.74. The monoisotopic (exact) mass is 176 g/mol. The summed E-state index contributed by atoms with van der Waals surface area (Å²) in [5.41, 5.74) is 0.733. The molecule has 1 aliphatic heterocycles. The second kappa shape index (κ2) is 2.83. The van der Waals surface area contributed by atoms with Crippen LogP contribution < -0.4 is 4.74 Å². The number of rotatable bonds is 0. The average Bonchev–Trinajstić information content (AvgIpc) is 2.21. The van der Waals surface area contributed by atoms with Crippen molar-refractivity contribution < 1.29 is 4.74 Å². The molecule has 0 fully saturated rings. The lowest BCUT2D eigenvalue weighted by molar-refractivity contribution is 0.121. The van der Waals surface area contributed by atoms with Crippen LogP contribution in [-0.2, 0) is 0 Å². The normalized spacial score (nSPS) is 18.6. The van der Waals surface area contributed by atoms with Crippen LogP contribution in [0.5, 0.6) is 5.75 Å². The number of fused-ring (bicyclic) bond motifs is 1. The lowest BCUT2D eigenvalue weighted by atomic mass is 10.1. The summed E-state index contributed by atoms with van der Waals surface area (Å²) in [4.78, 5) is 8.29. The van der Waals surface area contributed by atoms with Gasteiger partial charge in [-0.2, -0.15) is 0 Å². The molecular formula is C10H12N2O. The van der Waals surface area contributed by atoms with Crippen molar-refractivity contribution in [3.05, 3.63) is 24.0 Å². The number of nitrogens with zero attached hydrogens (tertiary/aromatic N) is 2. The van der Waals surface area contributed by atoms with Gasteiger partial charge in [-0.3, -0.25) is 9.98 Å². The highest BCUT2D eigenvalue weighted by Gasteiger charge is 2.22. The fourth-order valence-corrected chi connectivity index (χ4v) is 1.28. The molecule has 68 valence electrons. The van der Waals surface area contributed by atoms with Gasteiger partial charge >= 0.3 is 0 Å². The van der Waals surface area contributed by atoms with E-state index >= 15 is 0 Å². The van der Waals surface area contributed by atoms with E-state index in [9.17, 15) is 0 Å². The minimum atomic E-state index is -0.219. The van der Waals surface area contributed by atoms with Crippen molar-refractivity contribution >= 4 is 6.21 Å². The Balaban J connectivity index is 2.43. The topological polar surface area (TPSA) is 34.5 Å². The third kappa shape index (κ3) is 1.69. The highest BCUT2D eigenvalue weighted by Crippen LogP contribution is 2.23. The number of hydrogen-bond donors (Lipinski definition) is 0. The zero-order valence-corrected chi connectivity index (χ0v) is 7.82. The van der Waals surface area contributed by atoms with Gasteiger partial charge in [-0.15, -0.1) is 0 Å². The molecule has 2 heterocycles. The largest absolute Gasteiger partial charge is 0.485 e. The van der Waals surface area contributed by atoms with E-state index in [0.29, 0.717) is 6.54 Å². The van der Waals surface area contributed by atoms with E-state index in [4.69, 9.17) is 4.74 Å². The van der Waals surface area contributed by atoms with E-state index in [1.165, 1.54) is 0 Å². The number of hydrogen-bond acceptors (Lipinski definition) is 3. The molecule has 0 bridgehead atoms. The predicted octanol–water partition coefficient (Wildman–Crippen LogP) is 1.67. The summed E-state index contributed by atoms with van der Waals surface area (Å²) in [5.74, 6) is 0.862. The molecule has 2 rings (SSSR count). The standard InChI is InChI=1S/C10H12N2O/c1-10(2)7-12-6-8-5-11-4-3-9(8)13-10/h3-6H,7H2,1-2H3. The average molecular weight is 176 g/mol. The maximum absolute atomic E-state index is 5.78. The predicted molar refractivity (Wildman–Crippen MR) is 51.4 cm³/mol. The number of aliphatic imine (C=N–C) groups is 1. The SMILES string of the molecule is CC1(C)CN=Cc2cnccc2O1. The molecule has 0 N–H and O–H groups in total. The van der Waals surface area contributed by atoms with Crippen molar-refractivity contribution in [2.75, 3.05) is 6.54 Å². The summed E-state index contributed by atoms with van der Waals surface area (Å²) >= 11 is 0. The van der Waals surface area contributed by atoms with Crippen LogP contribution in [0.4, 0.5) is 0 Å². The van der Waals surface area contributed by atoms with Crippen molar-refractivity contribution in [1.82, 2.24) is 4.98 Å². The Morgan fingerprint density at radius 3 is 3.15 bits per heavy atom. The van der Waals surface area contributed by atoms with Crippen molar-refractivity contribution in [1.29, 1.82) is 0 Å². The van der Waals surface area contributed by atoms with E-state index in [1.807, 2.05) is 26.1 Å². The lowest BCUT2D eigenvalue weighted by Crippen LogP contribution is -2.31. The molecular weight excluding hydrogens is 164 g/mol. The molecule has 0 atom stereocenters. The van der Waals surface area contributed by atoms with Crippen molar-refractivity contribution in [2.45, 2.75) is 19.4 Å². The van der Waals surface area contributed by atoms with Gasteiger partial charge in [0.2, 0.25) is 0 Å². The Bertz CT molecular complexity index is 345. The van der Waals surface area contributed by atoms with Gasteiger partial charge in [0.15, 0.2) is 0 Å². The Hall–Kier alpha value is -1.38. The third-order valence-corrected chi connectivity index (χ3v) is 1.90. The molecule has 13 heavy (non-hydrogen) atoms. The quantitative estimate of drug-likeness (QED) is 0.602. The molecule has 0 saturated heterocycles. The summed E-state index contributed by atoms with van der Waals surface area (Å²) < 4.78 is 5.78. The van der Waals surface area contributed by atoms with Gasteiger partial charge in [0, 0.05) is 18.6 Å². The van der Waals surface area contributed by atoms with Crippen LogP contribution in [0.1, 0.15) is 19.4 Å². The molecule has 0 aliphatic carbocycles. The van der Waals surface area contributed by atoms with Crippen molar-refractivity contribution in [2.24, 2.45) is 4.99 Å². The zero-order valence-electron chi connectivity index (χ0n) is 7.82. The lowest BCUT2D eigenvalue weighted by Gasteiger charge is -2.23. The Kier molecular flexibility index (Phi) is 1.79. The summed E-state index contributed by atoms with van der Waals surface area (Å²) in [6.07, 6.45) is 5.31. The molecule has 0 unspecified atom stereocenters. The number of ether oxygens (including phenoxy) is 1. The molecule has 0 aromatic carbocycles. The van der Waals surface area contributed by atoms with Gasteiger partial charge in [0.05, 0.1) is 12.1 Å². The Morgan fingerprint density at radius 2 is 2.31 bits per heavy atom. The summed E-state index contributed by atoms with van der Waals surface area (Å²) in [6, 6.07) is 1.87. The van der Waals surface area contributed by atoms with E-state index < -0.39 is 0 Å². The first-order valence-electron chi connectivity index (χ1n) is 4.30. The van der Waals surface area contributed by atoms with Crippen LogP contribution in [0.25, 0.3) is 0 Å². The zero-order chi connectivity index (χ0) is 9.31.